The van der Waals surface area contributed by atoms with Gasteiger partial charge < -0.3 is 16.0 Å². The Labute approximate surface area is 123 Å². The monoisotopic (exact) mass is 295 g/mol. The number of halogens is 1. The van der Waals surface area contributed by atoms with Crippen molar-refractivity contribution < 1.29 is 14.7 Å². The van der Waals surface area contributed by atoms with E-state index in [0.29, 0.717) is 24.6 Å². The fraction of sp³-hybridized carbons (Fsp3) is 0.533. The maximum Gasteiger partial charge on any atom is 0.170 e. The van der Waals surface area contributed by atoms with Crippen molar-refractivity contribution >= 4 is 5.84 Å². The van der Waals surface area contributed by atoms with Crippen LogP contribution in [0.1, 0.15) is 36.8 Å². The molecule has 1 aliphatic rings. The van der Waals surface area contributed by atoms with E-state index in [1.165, 1.54) is 18.6 Å². The molecule has 0 aliphatic heterocycles. The zero-order valence-electron chi connectivity index (χ0n) is 12.0. The summed E-state index contributed by atoms with van der Waals surface area (Å²) in [6.45, 7) is 1.55. The van der Waals surface area contributed by atoms with Crippen LogP contribution in [0.5, 0.6) is 0 Å². The molecule has 0 bridgehead atoms. The van der Waals surface area contributed by atoms with Crippen molar-refractivity contribution in [2.45, 2.75) is 38.3 Å². The van der Waals surface area contributed by atoms with E-state index in [9.17, 15) is 4.39 Å². The van der Waals surface area contributed by atoms with E-state index in [-0.39, 0.29) is 12.4 Å². The molecular formula is C15H22FN3O2. The minimum atomic E-state index is -0.411. The number of rotatable bonds is 7. The van der Waals surface area contributed by atoms with Crippen LogP contribution in [0.15, 0.2) is 23.4 Å². The van der Waals surface area contributed by atoms with Gasteiger partial charge in [0.05, 0.1) is 0 Å². The molecule has 0 heterocycles. The summed E-state index contributed by atoms with van der Waals surface area (Å²) < 4.78 is 13.4. The van der Waals surface area contributed by atoms with Gasteiger partial charge in [-0.15, -0.1) is 0 Å². The van der Waals surface area contributed by atoms with Gasteiger partial charge in [0.2, 0.25) is 0 Å². The fourth-order valence-electron chi connectivity index (χ4n) is 2.61. The minimum Gasteiger partial charge on any atom is -0.409 e. The van der Waals surface area contributed by atoms with Gasteiger partial charge in [0.15, 0.2) is 5.84 Å². The topological polar surface area (TPSA) is 82.1 Å². The molecule has 0 aromatic heterocycles. The first-order valence-electron chi connectivity index (χ1n) is 7.27. The molecule has 0 radical (unpaired) electrons. The number of hydrogen-bond acceptors (Lipinski definition) is 4. The molecule has 5 nitrogen and oxygen atoms in total. The molecule has 0 saturated heterocycles. The second kappa shape index (κ2) is 7.38. The Kier molecular flexibility index (Phi) is 5.52. The average molecular weight is 295 g/mol. The summed E-state index contributed by atoms with van der Waals surface area (Å²) in [5.74, 6) is -0.494. The van der Waals surface area contributed by atoms with Gasteiger partial charge in [-0.25, -0.2) is 4.39 Å². The number of nitrogens with zero attached hydrogens (tertiary/aromatic N) is 2. The summed E-state index contributed by atoms with van der Waals surface area (Å²) in [5.41, 5.74) is 6.89. The number of hydrogen-bond donors (Lipinski definition) is 3. The summed E-state index contributed by atoms with van der Waals surface area (Å²) in [7, 11) is 0. The van der Waals surface area contributed by atoms with E-state index in [2.05, 4.69) is 10.1 Å². The van der Waals surface area contributed by atoms with Crippen LogP contribution in [0.4, 0.5) is 4.39 Å². The van der Waals surface area contributed by atoms with Crippen LogP contribution in [0.25, 0.3) is 0 Å². The average Bonchev–Trinajstić information content (AvgIpc) is 2.43. The van der Waals surface area contributed by atoms with Crippen LogP contribution in [0, 0.1) is 5.82 Å². The highest BCUT2D eigenvalue weighted by molar-refractivity contribution is 5.98. The molecule has 1 saturated carbocycles. The standard InChI is InChI=1S/C15H22FN3O2/c16-12-6-5-11(14(9-12)15(17)18-21)10-19(7-2-8-20)13-3-1-4-13/h5-6,9,13,20-21H,1-4,7-8,10H2,(H2,17,18). The fourth-order valence-corrected chi connectivity index (χ4v) is 2.61. The molecule has 0 unspecified atom stereocenters. The molecule has 0 amide bonds. The lowest BCUT2D eigenvalue weighted by molar-refractivity contribution is 0.109. The maximum absolute atomic E-state index is 13.4. The largest absolute Gasteiger partial charge is 0.409 e. The smallest absolute Gasteiger partial charge is 0.170 e. The zero-order valence-corrected chi connectivity index (χ0v) is 12.0. The molecule has 1 aliphatic carbocycles. The predicted molar refractivity (Wildman–Crippen MR) is 78.7 cm³/mol. The number of nitrogens with two attached hydrogens (primary N) is 1. The van der Waals surface area contributed by atoms with Crippen molar-refractivity contribution in [3.63, 3.8) is 0 Å². The van der Waals surface area contributed by atoms with Crippen LogP contribution in [0.2, 0.25) is 0 Å². The maximum atomic E-state index is 13.4. The Balaban J connectivity index is 2.19. The van der Waals surface area contributed by atoms with Gasteiger partial charge in [-0.05, 0) is 37.0 Å². The third kappa shape index (κ3) is 3.92. The van der Waals surface area contributed by atoms with Gasteiger partial charge in [0.25, 0.3) is 0 Å². The second-order valence-corrected chi connectivity index (χ2v) is 5.42. The van der Waals surface area contributed by atoms with Crippen LogP contribution in [-0.2, 0) is 6.54 Å². The molecule has 1 fully saturated rings. The van der Waals surface area contributed by atoms with E-state index in [4.69, 9.17) is 16.0 Å². The van der Waals surface area contributed by atoms with Crippen molar-refractivity contribution in [1.82, 2.24) is 4.90 Å². The van der Waals surface area contributed by atoms with E-state index >= 15 is 0 Å². The van der Waals surface area contributed by atoms with Crippen LogP contribution in [-0.4, -0.2) is 40.2 Å². The number of amidine groups is 1. The van der Waals surface area contributed by atoms with Crippen LogP contribution >= 0.6 is 0 Å². The van der Waals surface area contributed by atoms with Gasteiger partial charge >= 0.3 is 0 Å². The molecule has 1 aromatic rings. The van der Waals surface area contributed by atoms with Crippen molar-refractivity contribution in [3.8, 4) is 0 Å². The first-order chi connectivity index (χ1) is 10.2. The Morgan fingerprint density at radius 3 is 2.76 bits per heavy atom. The van der Waals surface area contributed by atoms with Crippen molar-refractivity contribution in [2.75, 3.05) is 13.2 Å². The summed E-state index contributed by atoms with van der Waals surface area (Å²) in [6, 6.07) is 4.85. The first-order valence-corrected chi connectivity index (χ1v) is 7.27. The van der Waals surface area contributed by atoms with E-state index in [0.717, 1.165) is 24.9 Å². The van der Waals surface area contributed by atoms with E-state index in [1.54, 1.807) is 6.07 Å². The van der Waals surface area contributed by atoms with Crippen LogP contribution in [0.3, 0.4) is 0 Å². The van der Waals surface area contributed by atoms with Gasteiger partial charge in [-0.2, -0.15) is 0 Å². The molecule has 4 N–H and O–H groups in total. The second-order valence-electron chi connectivity index (χ2n) is 5.42. The van der Waals surface area contributed by atoms with Gasteiger partial charge in [0, 0.05) is 31.3 Å². The highest BCUT2D eigenvalue weighted by Crippen LogP contribution is 2.27. The molecule has 6 heteroatoms. The molecule has 116 valence electrons. The molecular weight excluding hydrogens is 273 g/mol. The zero-order chi connectivity index (χ0) is 15.2. The normalized spacial score (nSPS) is 16.2. The number of aliphatic hydroxyl groups excluding tert-OH is 1. The molecule has 2 rings (SSSR count). The molecule has 21 heavy (non-hydrogen) atoms. The lowest BCUT2D eigenvalue weighted by atomic mass is 9.90. The highest BCUT2D eigenvalue weighted by Gasteiger charge is 2.25. The number of benzene rings is 1. The minimum absolute atomic E-state index is 0.0831. The quantitative estimate of drug-likeness (QED) is 0.309. The highest BCUT2D eigenvalue weighted by atomic mass is 19.1. The summed E-state index contributed by atoms with van der Waals surface area (Å²) in [5, 5.41) is 20.8. The summed E-state index contributed by atoms with van der Waals surface area (Å²) >= 11 is 0. The first kappa shape index (κ1) is 15.7. The molecule has 0 atom stereocenters. The van der Waals surface area contributed by atoms with Gasteiger partial charge in [-0.1, -0.05) is 17.6 Å². The van der Waals surface area contributed by atoms with Gasteiger partial charge in [-0.3, -0.25) is 4.90 Å². The third-order valence-corrected chi connectivity index (χ3v) is 4.02. The van der Waals surface area contributed by atoms with E-state index in [1.807, 2.05) is 0 Å². The lowest BCUT2D eigenvalue weighted by Crippen LogP contribution is -2.40. The van der Waals surface area contributed by atoms with E-state index < -0.39 is 5.82 Å². The Morgan fingerprint density at radius 2 is 2.19 bits per heavy atom. The Hall–Kier alpha value is -1.66. The van der Waals surface area contributed by atoms with Crippen molar-refractivity contribution in [2.24, 2.45) is 10.9 Å². The number of oxime groups is 1. The predicted octanol–water partition coefficient (Wildman–Crippen LogP) is 1.66. The van der Waals surface area contributed by atoms with Crippen molar-refractivity contribution in [3.05, 3.63) is 35.1 Å². The number of aliphatic hydroxyl groups is 1. The summed E-state index contributed by atoms with van der Waals surface area (Å²) in [4.78, 5) is 2.28. The Morgan fingerprint density at radius 1 is 1.43 bits per heavy atom. The molecule has 1 aromatic carbocycles. The van der Waals surface area contributed by atoms with Crippen molar-refractivity contribution in [1.29, 1.82) is 0 Å². The van der Waals surface area contributed by atoms with Gasteiger partial charge in [0.1, 0.15) is 5.82 Å². The summed E-state index contributed by atoms with van der Waals surface area (Å²) in [6.07, 6.45) is 4.21. The molecule has 0 spiro atoms. The lowest BCUT2D eigenvalue weighted by Gasteiger charge is -2.38. The Bertz CT molecular complexity index is 504. The van der Waals surface area contributed by atoms with Crippen LogP contribution < -0.4 is 5.73 Å². The third-order valence-electron chi connectivity index (χ3n) is 4.02. The SMILES string of the molecule is N/C(=N/O)c1cc(F)ccc1CN(CCCO)C1CCC1.